The highest BCUT2D eigenvalue weighted by Crippen LogP contribution is 1.92. The van der Waals surface area contributed by atoms with E-state index in [0.29, 0.717) is 19.8 Å². The van der Waals surface area contributed by atoms with E-state index in [4.69, 9.17) is 14.2 Å². The first-order valence-corrected chi connectivity index (χ1v) is 6.19. The quantitative estimate of drug-likeness (QED) is 0.435. The van der Waals surface area contributed by atoms with Crippen LogP contribution < -0.4 is 5.32 Å². The minimum atomic E-state index is -0.232. The van der Waals surface area contributed by atoms with Gasteiger partial charge in [-0.25, -0.2) is 0 Å². The van der Waals surface area contributed by atoms with E-state index in [9.17, 15) is 4.79 Å². The lowest BCUT2D eigenvalue weighted by atomic mass is 10.3. The maximum atomic E-state index is 11.3. The first-order chi connectivity index (χ1) is 8.22. The average molecular weight is 247 g/mol. The van der Waals surface area contributed by atoms with E-state index >= 15 is 0 Å². The standard InChI is InChI=1S/C12H25NO4/c1-4-17-12(14)11(2)13-7-5-6-8-16-10-9-15-3/h11,13H,4-10H2,1-3H3. The molecule has 5 nitrogen and oxygen atoms in total. The maximum absolute atomic E-state index is 11.3. The Morgan fingerprint density at radius 3 is 2.65 bits per heavy atom. The molecular weight excluding hydrogens is 222 g/mol. The summed E-state index contributed by atoms with van der Waals surface area (Å²) >= 11 is 0. The second-order valence-electron chi connectivity index (χ2n) is 3.74. The van der Waals surface area contributed by atoms with Crippen molar-refractivity contribution in [3.05, 3.63) is 0 Å². The molecule has 1 N–H and O–H groups in total. The normalized spacial score (nSPS) is 12.4. The van der Waals surface area contributed by atoms with Crippen LogP contribution in [0.4, 0.5) is 0 Å². The predicted octanol–water partition coefficient (Wildman–Crippen LogP) is 0.971. The third-order valence-electron chi connectivity index (χ3n) is 2.24. The summed E-state index contributed by atoms with van der Waals surface area (Å²) < 4.78 is 15.1. The Morgan fingerprint density at radius 1 is 1.24 bits per heavy atom. The Morgan fingerprint density at radius 2 is 2.00 bits per heavy atom. The third kappa shape index (κ3) is 10.2. The van der Waals surface area contributed by atoms with Crippen molar-refractivity contribution < 1.29 is 19.0 Å². The number of ether oxygens (including phenoxy) is 3. The van der Waals surface area contributed by atoms with E-state index in [1.54, 1.807) is 7.11 Å². The molecule has 0 amide bonds. The molecule has 0 aliphatic rings. The fourth-order valence-electron chi connectivity index (χ4n) is 1.24. The van der Waals surface area contributed by atoms with Crippen molar-refractivity contribution in [3.63, 3.8) is 0 Å². The Balaban J connectivity index is 3.24. The van der Waals surface area contributed by atoms with Gasteiger partial charge >= 0.3 is 5.97 Å². The van der Waals surface area contributed by atoms with Gasteiger partial charge in [-0.2, -0.15) is 0 Å². The molecule has 17 heavy (non-hydrogen) atoms. The van der Waals surface area contributed by atoms with Crippen LogP contribution in [-0.2, 0) is 19.0 Å². The van der Waals surface area contributed by atoms with Crippen LogP contribution in [0.2, 0.25) is 0 Å². The van der Waals surface area contributed by atoms with E-state index < -0.39 is 0 Å². The number of nitrogens with one attached hydrogen (secondary N) is 1. The highest BCUT2D eigenvalue weighted by atomic mass is 16.5. The Kier molecular flexibility index (Phi) is 11.4. The Hall–Kier alpha value is -0.650. The van der Waals surface area contributed by atoms with Crippen molar-refractivity contribution in [1.82, 2.24) is 5.32 Å². The molecular formula is C12H25NO4. The predicted molar refractivity (Wildman–Crippen MR) is 66.0 cm³/mol. The lowest BCUT2D eigenvalue weighted by molar-refractivity contribution is -0.145. The summed E-state index contributed by atoms with van der Waals surface area (Å²) in [6, 6.07) is -0.232. The van der Waals surface area contributed by atoms with Crippen LogP contribution in [0.25, 0.3) is 0 Å². The summed E-state index contributed by atoms with van der Waals surface area (Å²) in [4.78, 5) is 11.3. The van der Waals surface area contributed by atoms with Crippen LogP contribution in [0.15, 0.2) is 0 Å². The number of rotatable bonds is 11. The number of hydrogen-bond acceptors (Lipinski definition) is 5. The summed E-state index contributed by atoms with van der Waals surface area (Å²) in [6.07, 6.45) is 1.96. The first kappa shape index (κ1) is 16.4. The molecule has 0 fully saturated rings. The van der Waals surface area contributed by atoms with Crippen LogP contribution >= 0.6 is 0 Å². The molecule has 0 spiro atoms. The second kappa shape index (κ2) is 11.8. The first-order valence-electron chi connectivity index (χ1n) is 6.19. The molecule has 0 heterocycles. The summed E-state index contributed by atoms with van der Waals surface area (Å²) in [7, 11) is 1.66. The fraction of sp³-hybridized carbons (Fsp3) is 0.917. The van der Waals surface area contributed by atoms with Crippen molar-refractivity contribution in [2.45, 2.75) is 32.7 Å². The van der Waals surface area contributed by atoms with Gasteiger partial charge < -0.3 is 19.5 Å². The highest BCUT2D eigenvalue weighted by Gasteiger charge is 2.11. The van der Waals surface area contributed by atoms with E-state index in [0.717, 1.165) is 26.0 Å². The number of carbonyl (C=O) groups excluding carboxylic acids is 1. The van der Waals surface area contributed by atoms with Gasteiger partial charge in [0.1, 0.15) is 6.04 Å². The van der Waals surface area contributed by atoms with Crippen molar-refractivity contribution in [2.75, 3.05) is 40.1 Å². The molecule has 0 aliphatic heterocycles. The zero-order valence-corrected chi connectivity index (χ0v) is 11.2. The Bertz CT molecular complexity index is 187. The van der Waals surface area contributed by atoms with Gasteiger partial charge in [0.15, 0.2) is 0 Å². The number of methoxy groups -OCH3 is 1. The molecule has 0 saturated heterocycles. The topological polar surface area (TPSA) is 56.8 Å². The van der Waals surface area contributed by atoms with E-state index in [1.807, 2.05) is 13.8 Å². The summed E-state index contributed by atoms with van der Waals surface area (Å²) in [6.45, 7) is 6.86. The number of esters is 1. The maximum Gasteiger partial charge on any atom is 0.322 e. The van der Waals surface area contributed by atoms with Crippen molar-refractivity contribution in [3.8, 4) is 0 Å². The molecule has 0 aromatic carbocycles. The third-order valence-corrected chi connectivity index (χ3v) is 2.24. The lowest BCUT2D eigenvalue weighted by Crippen LogP contribution is -2.36. The van der Waals surface area contributed by atoms with E-state index in [2.05, 4.69) is 5.32 Å². The van der Waals surface area contributed by atoms with Crippen LogP contribution in [0, 0.1) is 0 Å². The van der Waals surface area contributed by atoms with Gasteiger partial charge in [-0.15, -0.1) is 0 Å². The van der Waals surface area contributed by atoms with Gasteiger partial charge in [-0.3, -0.25) is 4.79 Å². The largest absolute Gasteiger partial charge is 0.465 e. The minimum absolute atomic E-state index is 0.191. The SMILES string of the molecule is CCOC(=O)C(C)NCCCCOCCOC. The Labute approximate surface area is 104 Å². The molecule has 1 unspecified atom stereocenters. The van der Waals surface area contributed by atoms with Crippen molar-refractivity contribution in [2.24, 2.45) is 0 Å². The van der Waals surface area contributed by atoms with Crippen LogP contribution in [0.3, 0.4) is 0 Å². The van der Waals surface area contributed by atoms with Gasteiger partial charge in [0, 0.05) is 13.7 Å². The molecule has 0 radical (unpaired) electrons. The molecule has 1 atom stereocenters. The molecule has 102 valence electrons. The zero-order chi connectivity index (χ0) is 12.9. The fourth-order valence-corrected chi connectivity index (χ4v) is 1.24. The monoisotopic (exact) mass is 247 g/mol. The smallest absolute Gasteiger partial charge is 0.322 e. The molecule has 5 heteroatoms. The van der Waals surface area contributed by atoms with Gasteiger partial charge in [-0.05, 0) is 33.2 Å². The van der Waals surface area contributed by atoms with Crippen molar-refractivity contribution in [1.29, 1.82) is 0 Å². The van der Waals surface area contributed by atoms with Gasteiger partial charge in [0.05, 0.1) is 19.8 Å². The molecule has 0 rings (SSSR count). The van der Waals surface area contributed by atoms with Crippen LogP contribution in [-0.4, -0.2) is 52.1 Å². The molecule has 0 saturated carbocycles. The van der Waals surface area contributed by atoms with Crippen LogP contribution in [0.5, 0.6) is 0 Å². The summed E-state index contributed by atoms with van der Waals surface area (Å²) in [5.41, 5.74) is 0. The summed E-state index contributed by atoms with van der Waals surface area (Å²) in [5.74, 6) is -0.191. The minimum Gasteiger partial charge on any atom is -0.465 e. The molecule has 0 bridgehead atoms. The summed E-state index contributed by atoms with van der Waals surface area (Å²) in [5, 5.41) is 3.11. The van der Waals surface area contributed by atoms with E-state index in [1.165, 1.54) is 0 Å². The molecule has 0 aromatic heterocycles. The van der Waals surface area contributed by atoms with Gasteiger partial charge in [0.2, 0.25) is 0 Å². The lowest BCUT2D eigenvalue weighted by Gasteiger charge is -2.12. The zero-order valence-electron chi connectivity index (χ0n) is 11.2. The number of unbranched alkanes of at least 4 members (excludes halogenated alkanes) is 1. The molecule has 0 aliphatic carbocycles. The van der Waals surface area contributed by atoms with Crippen molar-refractivity contribution >= 4 is 5.97 Å². The average Bonchev–Trinajstić information content (AvgIpc) is 2.32. The molecule has 0 aromatic rings. The second-order valence-corrected chi connectivity index (χ2v) is 3.74. The van der Waals surface area contributed by atoms with Crippen LogP contribution in [0.1, 0.15) is 26.7 Å². The van der Waals surface area contributed by atoms with E-state index in [-0.39, 0.29) is 12.0 Å². The number of hydrogen-bond donors (Lipinski definition) is 1. The van der Waals surface area contributed by atoms with Gasteiger partial charge in [0.25, 0.3) is 0 Å². The van der Waals surface area contributed by atoms with Gasteiger partial charge in [-0.1, -0.05) is 0 Å². The number of carbonyl (C=O) groups is 1. The highest BCUT2D eigenvalue weighted by molar-refractivity contribution is 5.75.